The van der Waals surface area contributed by atoms with E-state index in [1.165, 1.54) is 23.2 Å². The summed E-state index contributed by atoms with van der Waals surface area (Å²) < 4.78 is 9.24. The minimum atomic E-state index is -0.445. The van der Waals surface area contributed by atoms with Crippen LogP contribution in [-0.4, -0.2) is 33.3 Å². The normalized spacial score (nSPS) is 11.2. The average molecular weight is 412 g/mol. The second kappa shape index (κ2) is 9.13. The van der Waals surface area contributed by atoms with E-state index in [4.69, 9.17) is 4.74 Å². The minimum absolute atomic E-state index is 0.301. The molecule has 0 fully saturated rings. The Hall–Kier alpha value is -3.13. The molecule has 3 aromatic rings. The van der Waals surface area contributed by atoms with Crippen LogP contribution in [0.4, 0.5) is 5.69 Å². The summed E-state index contributed by atoms with van der Waals surface area (Å²) >= 11 is 0. The Kier molecular flexibility index (Phi) is 6.56. The Labute approximate surface area is 174 Å². The molecule has 0 bridgehead atoms. The SMILES string of the molecule is CCCCc1ccc(NC(=O)c2cc3c(=O)n(C)c(=O)n(C)c3n2CCOC)cc1. The van der Waals surface area contributed by atoms with Gasteiger partial charge in [-0.1, -0.05) is 25.5 Å². The largest absolute Gasteiger partial charge is 0.383 e. The quantitative estimate of drug-likeness (QED) is 0.615. The van der Waals surface area contributed by atoms with Crippen LogP contribution in [0.2, 0.25) is 0 Å². The van der Waals surface area contributed by atoms with Crippen molar-refractivity contribution >= 4 is 22.6 Å². The van der Waals surface area contributed by atoms with Crippen molar-refractivity contribution in [1.29, 1.82) is 0 Å². The van der Waals surface area contributed by atoms with E-state index in [2.05, 4.69) is 12.2 Å². The van der Waals surface area contributed by atoms with Crippen molar-refractivity contribution in [1.82, 2.24) is 13.7 Å². The molecule has 3 rings (SSSR count). The number of aryl methyl sites for hydroxylation is 2. The smallest absolute Gasteiger partial charge is 0.332 e. The Morgan fingerprint density at radius 2 is 1.80 bits per heavy atom. The van der Waals surface area contributed by atoms with Gasteiger partial charge in [0, 0.05) is 33.4 Å². The molecule has 1 amide bonds. The van der Waals surface area contributed by atoms with Gasteiger partial charge < -0.3 is 14.6 Å². The van der Waals surface area contributed by atoms with Gasteiger partial charge in [-0.25, -0.2) is 4.79 Å². The summed E-state index contributed by atoms with van der Waals surface area (Å²) in [5.41, 5.74) is 1.72. The summed E-state index contributed by atoms with van der Waals surface area (Å²) in [5, 5.41) is 3.21. The third-order valence-corrected chi connectivity index (χ3v) is 5.28. The molecule has 0 saturated heterocycles. The zero-order valence-electron chi connectivity index (χ0n) is 17.9. The molecule has 0 spiro atoms. The number of rotatable bonds is 8. The van der Waals surface area contributed by atoms with E-state index >= 15 is 0 Å². The second-order valence-electron chi connectivity index (χ2n) is 7.37. The molecule has 0 aliphatic rings. The van der Waals surface area contributed by atoms with Gasteiger partial charge in [-0.3, -0.25) is 18.7 Å². The molecule has 0 aliphatic heterocycles. The molecular weight excluding hydrogens is 384 g/mol. The summed E-state index contributed by atoms with van der Waals surface area (Å²) in [5.74, 6) is -0.349. The lowest BCUT2D eigenvalue weighted by molar-refractivity contribution is 0.101. The monoisotopic (exact) mass is 412 g/mol. The number of ether oxygens (including phenoxy) is 1. The third-order valence-electron chi connectivity index (χ3n) is 5.28. The van der Waals surface area contributed by atoms with E-state index in [0.717, 1.165) is 23.8 Å². The van der Waals surface area contributed by atoms with Crippen LogP contribution in [0, 0.1) is 0 Å². The van der Waals surface area contributed by atoms with Crippen LogP contribution in [-0.2, 0) is 31.8 Å². The first kappa shape index (κ1) is 21.6. The lowest BCUT2D eigenvalue weighted by Gasteiger charge is -2.13. The molecule has 0 atom stereocenters. The highest BCUT2D eigenvalue weighted by Gasteiger charge is 2.21. The summed E-state index contributed by atoms with van der Waals surface area (Å²) in [7, 11) is 4.57. The molecule has 8 heteroatoms. The topological polar surface area (TPSA) is 87.3 Å². The molecule has 2 aromatic heterocycles. The molecule has 160 valence electrons. The third kappa shape index (κ3) is 4.09. The van der Waals surface area contributed by atoms with Crippen molar-refractivity contribution in [3.63, 3.8) is 0 Å². The second-order valence-corrected chi connectivity index (χ2v) is 7.37. The van der Waals surface area contributed by atoms with Crippen LogP contribution in [0.15, 0.2) is 39.9 Å². The van der Waals surface area contributed by atoms with Gasteiger partial charge in [-0.2, -0.15) is 0 Å². The molecule has 0 saturated carbocycles. The van der Waals surface area contributed by atoms with Crippen molar-refractivity contribution < 1.29 is 9.53 Å². The van der Waals surface area contributed by atoms with E-state index in [1.807, 2.05) is 24.3 Å². The Balaban J connectivity index is 2.00. The van der Waals surface area contributed by atoms with Crippen molar-refractivity contribution in [3.05, 3.63) is 62.4 Å². The van der Waals surface area contributed by atoms with Crippen LogP contribution in [0.25, 0.3) is 11.0 Å². The van der Waals surface area contributed by atoms with E-state index < -0.39 is 11.2 Å². The number of hydrogen-bond acceptors (Lipinski definition) is 4. The Morgan fingerprint density at radius 3 is 2.43 bits per heavy atom. The van der Waals surface area contributed by atoms with Crippen LogP contribution in [0.1, 0.15) is 35.8 Å². The molecule has 0 unspecified atom stereocenters. The number of carbonyl (C=O) groups is 1. The van der Waals surface area contributed by atoms with Crippen molar-refractivity contribution in [2.45, 2.75) is 32.7 Å². The van der Waals surface area contributed by atoms with E-state index in [-0.39, 0.29) is 5.91 Å². The van der Waals surface area contributed by atoms with Gasteiger partial charge >= 0.3 is 5.69 Å². The van der Waals surface area contributed by atoms with Gasteiger partial charge in [0.15, 0.2) is 0 Å². The number of carbonyl (C=O) groups excluding carboxylic acids is 1. The fraction of sp³-hybridized carbons (Fsp3) is 0.409. The zero-order valence-corrected chi connectivity index (χ0v) is 17.9. The highest BCUT2D eigenvalue weighted by atomic mass is 16.5. The highest BCUT2D eigenvalue weighted by molar-refractivity contribution is 6.06. The maximum absolute atomic E-state index is 13.0. The van der Waals surface area contributed by atoms with Crippen LogP contribution in [0.5, 0.6) is 0 Å². The van der Waals surface area contributed by atoms with Crippen LogP contribution in [0.3, 0.4) is 0 Å². The van der Waals surface area contributed by atoms with Gasteiger partial charge in [0.25, 0.3) is 11.5 Å². The Morgan fingerprint density at radius 1 is 1.10 bits per heavy atom. The van der Waals surface area contributed by atoms with Crippen molar-refractivity contribution in [2.24, 2.45) is 14.1 Å². The first-order valence-corrected chi connectivity index (χ1v) is 10.1. The summed E-state index contributed by atoms with van der Waals surface area (Å²) in [4.78, 5) is 38.1. The van der Waals surface area contributed by atoms with Crippen molar-refractivity contribution in [2.75, 3.05) is 19.0 Å². The Bertz CT molecular complexity index is 1170. The number of hydrogen-bond donors (Lipinski definition) is 1. The fourth-order valence-electron chi connectivity index (χ4n) is 3.57. The predicted molar refractivity (Wildman–Crippen MR) is 117 cm³/mol. The number of nitrogens with one attached hydrogen (secondary N) is 1. The van der Waals surface area contributed by atoms with E-state index in [1.54, 1.807) is 18.7 Å². The maximum atomic E-state index is 13.0. The summed E-state index contributed by atoms with van der Waals surface area (Å²) in [6.07, 6.45) is 3.26. The standard InChI is InChI=1S/C22H28N4O4/c1-5-6-7-15-8-10-16(11-9-15)23-19(27)18-14-17-20(26(18)12-13-30-4)24(2)22(29)25(3)21(17)28/h8-11,14H,5-7,12-13H2,1-4H3,(H,23,27). The number of anilines is 1. The molecule has 1 N–H and O–H groups in total. The van der Waals surface area contributed by atoms with E-state index in [0.29, 0.717) is 35.6 Å². The van der Waals surface area contributed by atoms with Crippen LogP contribution >= 0.6 is 0 Å². The van der Waals surface area contributed by atoms with Gasteiger partial charge in [-0.05, 0) is 36.6 Å². The molecule has 8 nitrogen and oxygen atoms in total. The molecular formula is C22H28N4O4. The average Bonchev–Trinajstić information content (AvgIpc) is 3.14. The molecule has 0 aliphatic carbocycles. The molecule has 1 aromatic carbocycles. The summed E-state index contributed by atoms with van der Waals surface area (Å²) in [6.45, 7) is 2.82. The lowest BCUT2D eigenvalue weighted by atomic mass is 10.1. The lowest BCUT2D eigenvalue weighted by Crippen LogP contribution is -2.37. The van der Waals surface area contributed by atoms with Crippen molar-refractivity contribution in [3.8, 4) is 0 Å². The van der Waals surface area contributed by atoms with Gasteiger partial charge in [0.1, 0.15) is 11.3 Å². The summed E-state index contributed by atoms with van der Waals surface area (Å²) in [6, 6.07) is 9.30. The molecule has 2 heterocycles. The first-order valence-electron chi connectivity index (χ1n) is 10.1. The predicted octanol–water partition coefficient (Wildman–Crippen LogP) is 2.28. The zero-order chi connectivity index (χ0) is 21.8. The minimum Gasteiger partial charge on any atom is -0.383 e. The van der Waals surface area contributed by atoms with Gasteiger partial charge in [0.2, 0.25) is 0 Å². The van der Waals surface area contributed by atoms with E-state index in [9.17, 15) is 14.4 Å². The van der Waals surface area contributed by atoms with Crippen LogP contribution < -0.4 is 16.6 Å². The van der Waals surface area contributed by atoms with Gasteiger partial charge in [0.05, 0.1) is 12.0 Å². The fourth-order valence-corrected chi connectivity index (χ4v) is 3.57. The number of methoxy groups -OCH3 is 1. The highest BCUT2D eigenvalue weighted by Crippen LogP contribution is 2.18. The maximum Gasteiger partial charge on any atom is 0.332 e. The number of nitrogens with zero attached hydrogens (tertiary/aromatic N) is 3. The number of unbranched alkanes of at least 4 members (excludes halogenated alkanes) is 1. The molecule has 0 radical (unpaired) electrons. The first-order chi connectivity index (χ1) is 14.4. The number of amides is 1. The van der Waals surface area contributed by atoms with Gasteiger partial charge in [-0.15, -0.1) is 0 Å². The number of benzene rings is 1. The molecule has 30 heavy (non-hydrogen) atoms. The number of aromatic nitrogens is 3. The number of fused-ring (bicyclic) bond motifs is 1.